The van der Waals surface area contributed by atoms with Gasteiger partial charge in [0.2, 0.25) is 15.9 Å². The number of carbonyl (C=O) groups is 1. The van der Waals surface area contributed by atoms with Crippen LogP contribution in [0.3, 0.4) is 0 Å². The van der Waals surface area contributed by atoms with Gasteiger partial charge in [-0.05, 0) is 54.3 Å². The number of carbonyl (C=O) groups excluding carboxylic acids is 1. The second-order valence-corrected chi connectivity index (χ2v) is 10.3. The van der Waals surface area contributed by atoms with Crippen molar-refractivity contribution >= 4 is 27.3 Å². The van der Waals surface area contributed by atoms with E-state index in [2.05, 4.69) is 5.32 Å². The van der Waals surface area contributed by atoms with Crippen LogP contribution in [0.1, 0.15) is 23.3 Å². The van der Waals surface area contributed by atoms with E-state index in [1.807, 2.05) is 30.5 Å². The molecule has 0 unspecified atom stereocenters. The average molecular weight is 391 g/mol. The lowest BCUT2D eigenvalue weighted by Crippen LogP contribution is -2.31. The van der Waals surface area contributed by atoms with Crippen LogP contribution >= 0.6 is 11.3 Å². The van der Waals surface area contributed by atoms with E-state index in [0.29, 0.717) is 24.5 Å². The zero-order valence-corrected chi connectivity index (χ0v) is 16.3. The highest BCUT2D eigenvalue weighted by molar-refractivity contribution is 7.89. The minimum atomic E-state index is -3.49. The second kappa shape index (κ2) is 6.48. The van der Waals surface area contributed by atoms with Crippen LogP contribution in [-0.2, 0) is 21.4 Å². The largest absolute Gasteiger partial charge is 0.351 e. The second-order valence-electron chi connectivity index (χ2n) is 7.32. The molecule has 2 aromatic rings. The van der Waals surface area contributed by atoms with E-state index in [9.17, 15) is 13.2 Å². The molecule has 7 heteroatoms. The van der Waals surface area contributed by atoms with Gasteiger partial charge >= 0.3 is 0 Å². The van der Waals surface area contributed by atoms with Crippen molar-refractivity contribution in [1.29, 1.82) is 0 Å². The number of sulfonamides is 1. The number of thiophene rings is 1. The number of benzene rings is 1. The lowest BCUT2D eigenvalue weighted by molar-refractivity contribution is -0.123. The summed E-state index contributed by atoms with van der Waals surface area (Å²) in [6.07, 6.45) is 1.54. The first-order chi connectivity index (χ1) is 12.4. The highest BCUT2D eigenvalue weighted by Crippen LogP contribution is 2.59. The number of hydrogen-bond acceptors (Lipinski definition) is 4. The third kappa shape index (κ3) is 3.19. The predicted molar refractivity (Wildman–Crippen MR) is 101 cm³/mol. The summed E-state index contributed by atoms with van der Waals surface area (Å²) in [4.78, 5) is 13.9. The number of nitrogens with zero attached hydrogens (tertiary/aromatic N) is 1. The van der Waals surface area contributed by atoms with Crippen molar-refractivity contribution in [3.63, 3.8) is 0 Å². The molecule has 2 heterocycles. The third-order valence-electron chi connectivity index (χ3n) is 5.50. The summed E-state index contributed by atoms with van der Waals surface area (Å²) in [6, 6.07) is 11.0. The number of nitrogens with one attached hydrogen (secondary N) is 1. The van der Waals surface area contributed by atoms with Gasteiger partial charge in [0.05, 0.1) is 11.4 Å². The maximum atomic E-state index is 12.9. The minimum Gasteiger partial charge on any atom is -0.351 e. The van der Waals surface area contributed by atoms with Crippen molar-refractivity contribution in [2.75, 3.05) is 13.1 Å². The molecule has 26 heavy (non-hydrogen) atoms. The van der Waals surface area contributed by atoms with Gasteiger partial charge in [0.25, 0.3) is 0 Å². The Bertz CT molecular complexity index is 924. The molecule has 5 nitrogen and oxygen atoms in total. The van der Waals surface area contributed by atoms with Gasteiger partial charge in [-0.25, -0.2) is 8.42 Å². The summed E-state index contributed by atoms with van der Waals surface area (Å²) < 4.78 is 27.3. The van der Waals surface area contributed by atoms with Crippen LogP contribution in [0.4, 0.5) is 0 Å². The van der Waals surface area contributed by atoms with E-state index >= 15 is 0 Å². The van der Waals surface area contributed by atoms with E-state index in [0.717, 1.165) is 23.3 Å². The van der Waals surface area contributed by atoms with Crippen LogP contribution in [0.2, 0.25) is 0 Å². The standard InChI is InChI=1S/C19H22N2O3S2/c1-14-4-2-6-16(10-14)26(23,24)21-8-7-19(13-21)11-17(19)18(22)20-12-15-5-3-9-25-15/h2-6,9-10,17H,7-8,11-13H2,1H3,(H,20,22)/t17-,19+/m1/s1. The first kappa shape index (κ1) is 17.7. The number of aryl methyl sites for hydroxylation is 1. The van der Waals surface area contributed by atoms with Gasteiger partial charge < -0.3 is 5.32 Å². The molecule has 1 aromatic heterocycles. The number of rotatable bonds is 5. The maximum absolute atomic E-state index is 12.9. The van der Waals surface area contributed by atoms with Gasteiger partial charge in [0.1, 0.15) is 0 Å². The summed E-state index contributed by atoms with van der Waals surface area (Å²) in [5.41, 5.74) is 0.758. The lowest BCUT2D eigenvalue weighted by Gasteiger charge is -2.17. The van der Waals surface area contributed by atoms with Crippen molar-refractivity contribution in [3.05, 3.63) is 52.2 Å². The summed E-state index contributed by atoms with van der Waals surface area (Å²) >= 11 is 1.62. The van der Waals surface area contributed by atoms with Crippen LogP contribution in [0.15, 0.2) is 46.7 Å². The molecule has 1 spiro atoms. The Kier molecular flexibility index (Phi) is 4.41. The molecule has 4 rings (SSSR count). The molecule has 2 fully saturated rings. The fraction of sp³-hybridized carbons (Fsp3) is 0.421. The van der Waals surface area contributed by atoms with Crippen molar-refractivity contribution in [1.82, 2.24) is 9.62 Å². The summed E-state index contributed by atoms with van der Waals surface area (Å²) in [7, 11) is -3.49. The smallest absolute Gasteiger partial charge is 0.243 e. The number of hydrogen-bond donors (Lipinski definition) is 1. The molecule has 0 radical (unpaired) electrons. The Morgan fingerprint density at radius 1 is 1.35 bits per heavy atom. The molecule has 2 aliphatic rings. The van der Waals surface area contributed by atoms with Gasteiger partial charge in [-0.15, -0.1) is 11.3 Å². The van der Waals surface area contributed by atoms with E-state index in [1.165, 1.54) is 0 Å². The highest BCUT2D eigenvalue weighted by Gasteiger charge is 2.62. The zero-order chi connectivity index (χ0) is 18.4. The summed E-state index contributed by atoms with van der Waals surface area (Å²) in [5, 5.41) is 4.99. The van der Waals surface area contributed by atoms with Crippen LogP contribution in [-0.4, -0.2) is 31.7 Å². The molecule has 138 valence electrons. The fourth-order valence-corrected chi connectivity index (χ4v) is 6.15. The maximum Gasteiger partial charge on any atom is 0.243 e. The molecule has 1 aromatic carbocycles. The Balaban J connectivity index is 1.40. The highest BCUT2D eigenvalue weighted by atomic mass is 32.2. The van der Waals surface area contributed by atoms with Gasteiger partial charge in [-0.3, -0.25) is 4.79 Å². The molecular formula is C19H22N2O3S2. The fourth-order valence-electron chi connectivity index (χ4n) is 3.87. The first-order valence-electron chi connectivity index (χ1n) is 8.78. The lowest BCUT2D eigenvalue weighted by atomic mass is 10.0. The summed E-state index contributed by atoms with van der Waals surface area (Å²) in [5.74, 6) is -0.0200. The van der Waals surface area contributed by atoms with Crippen molar-refractivity contribution in [2.45, 2.75) is 31.2 Å². The normalized spacial score (nSPS) is 25.5. The SMILES string of the molecule is Cc1cccc(S(=O)(=O)N2CC[C@]3(C[C@@H]3C(=O)NCc3cccs3)C2)c1. The van der Waals surface area contributed by atoms with E-state index in [-0.39, 0.29) is 17.2 Å². The third-order valence-corrected chi connectivity index (χ3v) is 8.22. The molecule has 1 aliphatic heterocycles. The van der Waals surface area contributed by atoms with Crippen molar-refractivity contribution < 1.29 is 13.2 Å². The molecule has 1 saturated carbocycles. The molecule has 0 bridgehead atoms. The molecular weight excluding hydrogens is 368 g/mol. The Morgan fingerprint density at radius 3 is 2.92 bits per heavy atom. The van der Waals surface area contributed by atoms with Gasteiger partial charge in [-0.2, -0.15) is 4.31 Å². The van der Waals surface area contributed by atoms with Crippen LogP contribution in [0, 0.1) is 18.3 Å². The molecule has 1 amide bonds. The van der Waals surface area contributed by atoms with Crippen LogP contribution < -0.4 is 5.32 Å². The molecule has 1 saturated heterocycles. The van der Waals surface area contributed by atoms with E-state index < -0.39 is 10.0 Å². The van der Waals surface area contributed by atoms with Crippen molar-refractivity contribution in [3.8, 4) is 0 Å². The average Bonchev–Trinajstić information content (AvgIpc) is 2.97. The quantitative estimate of drug-likeness (QED) is 0.854. The van der Waals surface area contributed by atoms with E-state index in [1.54, 1.807) is 33.8 Å². The number of amides is 1. The van der Waals surface area contributed by atoms with Crippen molar-refractivity contribution in [2.24, 2.45) is 11.3 Å². The Labute approximate surface area is 158 Å². The van der Waals surface area contributed by atoms with Gasteiger partial charge in [0, 0.05) is 23.9 Å². The molecule has 1 aliphatic carbocycles. The molecule has 2 atom stereocenters. The zero-order valence-electron chi connectivity index (χ0n) is 14.6. The molecule has 1 N–H and O–H groups in total. The van der Waals surface area contributed by atoms with Gasteiger partial charge in [0.15, 0.2) is 0 Å². The monoisotopic (exact) mass is 390 g/mol. The summed E-state index contributed by atoms with van der Waals surface area (Å²) in [6.45, 7) is 3.37. The Hall–Kier alpha value is -1.70. The van der Waals surface area contributed by atoms with Gasteiger partial charge in [-0.1, -0.05) is 18.2 Å². The van der Waals surface area contributed by atoms with Crippen LogP contribution in [0.5, 0.6) is 0 Å². The predicted octanol–water partition coefficient (Wildman–Crippen LogP) is 2.77. The van der Waals surface area contributed by atoms with E-state index in [4.69, 9.17) is 0 Å². The minimum absolute atomic E-state index is 0.0493. The van der Waals surface area contributed by atoms with Crippen LogP contribution in [0.25, 0.3) is 0 Å². The Morgan fingerprint density at radius 2 is 2.19 bits per heavy atom. The first-order valence-corrected chi connectivity index (χ1v) is 11.1. The topological polar surface area (TPSA) is 66.5 Å².